The number of carboxylic acids is 1. The quantitative estimate of drug-likeness (QED) is 0.0286. The van der Waals surface area contributed by atoms with Crippen molar-refractivity contribution in [2.24, 2.45) is 0 Å². The summed E-state index contributed by atoms with van der Waals surface area (Å²) in [6.07, 6.45) is 49.4. The third-order valence-corrected chi connectivity index (χ3v) is 9.59. The Kier molecular flexibility index (Phi) is 37.3. The van der Waals surface area contributed by atoms with Crippen molar-refractivity contribution in [1.82, 2.24) is 0 Å². The first-order chi connectivity index (χ1) is 27.6. The van der Waals surface area contributed by atoms with Gasteiger partial charge in [-0.05, 0) is 77.0 Å². The molecule has 0 amide bonds. The number of hydrogen-bond donors (Lipinski definition) is 1. The van der Waals surface area contributed by atoms with E-state index in [0.717, 1.165) is 103 Å². The zero-order valence-electron chi connectivity index (χ0n) is 37.0. The van der Waals surface area contributed by atoms with Crippen LogP contribution in [0.2, 0.25) is 0 Å². The topological polar surface area (TPSA) is 99.1 Å². The first-order valence-corrected chi connectivity index (χ1v) is 22.5. The Morgan fingerprint density at radius 2 is 0.982 bits per heavy atom. The van der Waals surface area contributed by atoms with Crippen LogP contribution in [0.3, 0.4) is 0 Å². The highest BCUT2D eigenvalue weighted by Crippen LogP contribution is 2.13. The molecule has 0 aliphatic heterocycles. The zero-order valence-corrected chi connectivity index (χ0v) is 37.0. The number of ether oxygens (including phenoxy) is 3. The van der Waals surface area contributed by atoms with Crippen LogP contribution in [0, 0.1) is 0 Å². The molecule has 0 rings (SSSR count). The third-order valence-electron chi connectivity index (χ3n) is 9.59. The molecular formula is C49H84NO7+. The summed E-state index contributed by atoms with van der Waals surface area (Å²) >= 11 is 0. The molecule has 0 saturated carbocycles. The summed E-state index contributed by atoms with van der Waals surface area (Å²) in [5.41, 5.74) is 0. The molecule has 0 aromatic rings. The lowest BCUT2D eigenvalue weighted by Crippen LogP contribution is -2.50. The van der Waals surface area contributed by atoms with Gasteiger partial charge >= 0.3 is 17.9 Å². The van der Waals surface area contributed by atoms with Gasteiger partial charge in [-0.25, -0.2) is 4.79 Å². The van der Waals surface area contributed by atoms with Crippen molar-refractivity contribution >= 4 is 17.9 Å². The molecule has 1 N–H and O–H groups in total. The number of quaternary nitrogens is 1. The number of carbonyl (C=O) groups excluding carboxylic acids is 2. The first kappa shape index (κ1) is 53.8. The molecule has 0 aromatic carbocycles. The van der Waals surface area contributed by atoms with E-state index in [1.807, 2.05) is 21.1 Å². The Balaban J connectivity index is 4.31. The lowest BCUT2D eigenvalue weighted by molar-refractivity contribution is -0.887. The standard InChI is InChI=1S/C49H83NO7/c1-6-8-10-12-14-16-18-19-20-21-22-23-24-25-26-27-28-30-31-33-35-37-39-47(51)56-44-45(43-55-42-41-46(49(53)54)50(3,4)5)57-48(52)40-38-36-34-32-29-17-15-13-11-9-7-2/h8,10,13-16,19-20,22-23,25-26,45-46H,6-7,9,11-12,17-18,21,24,27-44H2,1-5H3/p+1/b10-8+,15-13+,16-14+,20-19+,23-22+,26-25+. The largest absolute Gasteiger partial charge is 0.477 e. The zero-order chi connectivity index (χ0) is 42.1. The summed E-state index contributed by atoms with van der Waals surface area (Å²) in [6.45, 7) is 4.54. The van der Waals surface area contributed by atoms with Gasteiger partial charge in [0.2, 0.25) is 0 Å². The fraction of sp³-hybridized carbons (Fsp3) is 0.694. The van der Waals surface area contributed by atoms with Crippen LogP contribution in [0.25, 0.3) is 0 Å². The molecule has 0 aliphatic carbocycles. The number of carboxylic acid groups (broad SMARTS) is 1. The number of allylic oxidation sites excluding steroid dienone is 12. The molecule has 0 aromatic heterocycles. The van der Waals surface area contributed by atoms with E-state index in [4.69, 9.17) is 14.2 Å². The molecule has 57 heavy (non-hydrogen) atoms. The average molecular weight is 799 g/mol. The normalized spacial score (nSPS) is 13.6. The van der Waals surface area contributed by atoms with Crippen molar-refractivity contribution in [1.29, 1.82) is 0 Å². The number of rotatable bonds is 39. The maximum Gasteiger partial charge on any atom is 0.362 e. The molecular weight excluding hydrogens is 715 g/mol. The lowest BCUT2D eigenvalue weighted by atomic mass is 10.1. The Hall–Kier alpha value is -3.23. The fourth-order valence-electron chi connectivity index (χ4n) is 6.10. The van der Waals surface area contributed by atoms with Crippen molar-refractivity contribution < 1.29 is 38.2 Å². The van der Waals surface area contributed by atoms with E-state index >= 15 is 0 Å². The predicted octanol–water partition coefficient (Wildman–Crippen LogP) is 12.4. The van der Waals surface area contributed by atoms with E-state index in [2.05, 4.69) is 86.8 Å². The number of esters is 2. The number of carbonyl (C=O) groups is 3. The molecule has 8 nitrogen and oxygen atoms in total. The average Bonchev–Trinajstić information content (AvgIpc) is 3.17. The Morgan fingerprint density at radius 3 is 1.47 bits per heavy atom. The Bertz CT molecular complexity index is 1160. The number of unbranched alkanes of at least 4 members (excludes halogenated alkanes) is 13. The second-order valence-electron chi connectivity index (χ2n) is 15.9. The summed E-state index contributed by atoms with van der Waals surface area (Å²) < 4.78 is 17.2. The maximum absolute atomic E-state index is 12.7. The van der Waals surface area contributed by atoms with E-state index < -0.39 is 18.1 Å². The van der Waals surface area contributed by atoms with Crippen LogP contribution in [0.15, 0.2) is 72.9 Å². The summed E-state index contributed by atoms with van der Waals surface area (Å²) in [4.78, 5) is 36.9. The van der Waals surface area contributed by atoms with Gasteiger partial charge in [-0.1, -0.05) is 145 Å². The summed E-state index contributed by atoms with van der Waals surface area (Å²) in [6, 6.07) is -0.621. The van der Waals surface area contributed by atoms with Gasteiger partial charge in [0, 0.05) is 19.3 Å². The molecule has 0 saturated heterocycles. The maximum atomic E-state index is 12.7. The Morgan fingerprint density at radius 1 is 0.544 bits per heavy atom. The first-order valence-electron chi connectivity index (χ1n) is 22.5. The summed E-state index contributed by atoms with van der Waals surface area (Å²) in [5.74, 6) is -1.51. The van der Waals surface area contributed by atoms with E-state index in [1.54, 1.807) is 0 Å². The molecule has 2 unspecified atom stereocenters. The number of nitrogens with zero attached hydrogens (tertiary/aromatic N) is 1. The van der Waals surface area contributed by atoms with Gasteiger partial charge in [-0.15, -0.1) is 0 Å². The monoisotopic (exact) mass is 799 g/mol. The smallest absolute Gasteiger partial charge is 0.362 e. The summed E-state index contributed by atoms with van der Waals surface area (Å²) in [5, 5.41) is 9.61. The van der Waals surface area contributed by atoms with Crippen molar-refractivity contribution in [3.8, 4) is 0 Å². The van der Waals surface area contributed by atoms with Crippen molar-refractivity contribution in [2.45, 2.75) is 180 Å². The number of likely N-dealkylation sites (N-methyl/N-ethyl adjacent to an activating group) is 1. The molecule has 0 heterocycles. The van der Waals surface area contributed by atoms with Gasteiger partial charge in [0.05, 0.1) is 34.4 Å². The molecule has 326 valence electrons. The van der Waals surface area contributed by atoms with Gasteiger partial charge in [-0.2, -0.15) is 0 Å². The molecule has 0 spiro atoms. The molecule has 0 fully saturated rings. The third kappa shape index (κ3) is 38.1. The van der Waals surface area contributed by atoms with E-state index in [9.17, 15) is 19.5 Å². The molecule has 0 aliphatic rings. The van der Waals surface area contributed by atoms with E-state index in [-0.39, 0.29) is 36.2 Å². The predicted molar refractivity (Wildman–Crippen MR) is 238 cm³/mol. The lowest BCUT2D eigenvalue weighted by Gasteiger charge is -2.31. The van der Waals surface area contributed by atoms with E-state index in [1.165, 1.54) is 32.1 Å². The van der Waals surface area contributed by atoms with Crippen molar-refractivity contribution in [3.63, 3.8) is 0 Å². The van der Waals surface area contributed by atoms with Crippen LogP contribution >= 0.6 is 0 Å². The van der Waals surface area contributed by atoms with Crippen molar-refractivity contribution in [3.05, 3.63) is 72.9 Å². The highest BCUT2D eigenvalue weighted by atomic mass is 16.6. The number of aliphatic carboxylic acids is 1. The second kappa shape index (κ2) is 39.6. The van der Waals surface area contributed by atoms with Gasteiger partial charge in [0.25, 0.3) is 0 Å². The minimum Gasteiger partial charge on any atom is -0.477 e. The highest BCUT2D eigenvalue weighted by Gasteiger charge is 2.31. The molecule has 0 bridgehead atoms. The Labute approximate surface area is 349 Å². The van der Waals surface area contributed by atoms with Crippen LogP contribution in [0.1, 0.15) is 168 Å². The fourth-order valence-corrected chi connectivity index (χ4v) is 6.10. The number of hydrogen-bond acceptors (Lipinski definition) is 6. The molecule has 8 heteroatoms. The van der Waals surface area contributed by atoms with Crippen molar-refractivity contribution in [2.75, 3.05) is 41.0 Å². The van der Waals surface area contributed by atoms with Crippen LogP contribution in [-0.2, 0) is 28.6 Å². The summed E-state index contributed by atoms with van der Waals surface area (Å²) in [7, 11) is 5.51. The van der Waals surface area contributed by atoms with Gasteiger partial charge in [0.15, 0.2) is 12.1 Å². The van der Waals surface area contributed by atoms with Crippen LogP contribution < -0.4 is 0 Å². The SMILES string of the molecule is CC/C=C/C/C=C/C/C=C/C/C=C/C/C=C/CCCCCCCCC(=O)OCC(COCCC(C(=O)O)[N+](C)(C)C)OC(=O)CCCCCCC/C=C/CCCC. The molecule has 2 atom stereocenters. The minimum absolute atomic E-state index is 0.0495. The van der Waals surface area contributed by atoms with Crippen LogP contribution in [0.5, 0.6) is 0 Å². The van der Waals surface area contributed by atoms with Crippen LogP contribution in [-0.4, -0.2) is 80.6 Å². The highest BCUT2D eigenvalue weighted by molar-refractivity contribution is 5.72. The van der Waals surface area contributed by atoms with Crippen LogP contribution in [0.4, 0.5) is 0 Å². The van der Waals surface area contributed by atoms with Gasteiger partial charge in [-0.3, -0.25) is 9.59 Å². The van der Waals surface area contributed by atoms with Gasteiger partial charge < -0.3 is 23.8 Å². The molecule has 0 radical (unpaired) electrons. The minimum atomic E-state index is -0.882. The second-order valence-corrected chi connectivity index (χ2v) is 15.9. The van der Waals surface area contributed by atoms with Gasteiger partial charge in [0.1, 0.15) is 6.61 Å². The van der Waals surface area contributed by atoms with E-state index in [0.29, 0.717) is 19.3 Å².